The highest BCUT2D eigenvalue weighted by atomic mass is 15.0. The lowest BCUT2D eigenvalue weighted by Crippen LogP contribution is -2.17. The van der Waals surface area contributed by atoms with Crippen LogP contribution in [0.5, 0.6) is 0 Å². The van der Waals surface area contributed by atoms with Crippen LogP contribution in [0.2, 0.25) is 0 Å². The topological polar surface area (TPSA) is 30.9 Å². The third kappa shape index (κ3) is 4.14. The molecule has 216 valence electrons. The van der Waals surface area contributed by atoms with Gasteiger partial charge in [-0.3, -0.25) is 0 Å². The van der Waals surface area contributed by atoms with Gasteiger partial charge >= 0.3 is 0 Å². The summed E-state index contributed by atoms with van der Waals surface area (Å²) in [7, 11) is 0. The molecule has 5 aromatic carbocycles. The maximum Gasteiger partial charge on any atom is 0.0541 e. The molecule has 0 aliphatic heterocycles. The van der Waals surface area contributed by atoms with E-state index in [1.54, 1.807) is 0 Å². The number of nitrogens with zero attached hydrogens (tertiary/aromatic N) is 1. The van der Waals surface area contributed by atoms with Crippen LogP contribution in [-0.2, 0) is 16.2 Å². The second-order valence-electron chi connectivity index (χ2n) is 15.0. The van der Waals surface area contributed by atoms with Crippen LogP contribution >= 0.6 is 0 Å². The van der Waals surface area contributed by atoms with Gasteiger partial charge in [0.2, 0.25) is 0 Å². The van der Waals surface area contributed by atoms with Crippen molar-refractivity contribution in [3.63, 3.8) is 0 Å². The normalized spacial score (nSPS) is 14.3. The van der Waals surface area contributed by atoms with E-state index in [1.807, 2.05) is 0 Å². The van der Waals surface area contributed by atoms with Gasteiger partial charge in [-0.15, -0.1) is 0 Å². The molecule has 2 N–H and O–H groups in total. The second-order valence-corrected chi connectivity index (χ2v) is 15.0. The quantitative estimate of drug-likeness (QED) is 0.209. The van der Waals surface area contributed by atoms with Crippen molar-refractivity contribution >= 4 is 27.5 Å². The molecule has 0 atom stereocenters. The molecule has 2 heteroatoms. The maximum atomic E-state index is 6.76. The first kappa shape index (κ1) is 27.5. The third-order valence-corrected chi connectivity index (χ3v) is 9.66. The summed E-state index contributed by atoms with van der Waals surface area (Å²) in [5, 5.41) is 2.62. The Morgan fingerprint density at radius 2 is 1.16 bits per heavy atom. The number of fused-ring (bicyclic) bond motifs is 6. The van der Waals surface area contributed by atoms with E-state index in [2.05, 4.69) is 157 Å². The molecule has 43 heavy (non-hydrogen) atoms. The van der Waals surface area contributed by atoms with Crippen LogP contribution in [0.4, 0.5) is 5.69 Å². The van der Waals surface area contributed by atoms with E-state index < -0.39 is 0 Å². The zero-order chi connectivity index (χ0) is 30.5. The lowest BCUT2D eigenvalue weighted by molar-refractivity contribution is 0.590. The van der Waals surface area contributed by atoms with Crippen molar-refractivity contribution in [3.8, 4) is 27.9 Å². The van der Waals surface area contributed by atoms with E-state index in [9.17, 15) is 0 Å². The van der Waals surface area contributed by atoms with E-state index in [1.165, 1.54) is 55.2 Å². The molecule has 0 saturated carbocycles. The predicted octanol–water partition coefficient (Wildman–Crippen LogP) is 10.9. The Balaban J connectivity index is 1.42. The van der Waals surface area contributed by atoms with Crippen LogP contribution in [-0.4, -0.2) is 4.57 Å². The fourth-order valence-corrected chi connectivity index (χ4v) is 7.21. The minimum absolute atomic E-state index is 0.0786. The number of benzene rings is 5. The van der Waals surface area contributed by atoms with Gasteiger partial charge in [0.15, 0.2) is 0 Å². The van der Waals surface area contributed by atoms with Gasteiger partial charge in [-0.25, -0.2) is 0 Å². The van der Waals surface area contributed by atoms with Crippen LogP contribution in [0.1, 0.15) is 77.6 Å². The van der Waals surface area contributed by atoms with Gasteiger partial charge in [-0.1, -0.05) is 110 Å². The van der Waals surface area contributed by atoms with Crippen molar-refractivity contribution in [1.29, 1.82) is 0 Å². The summed E-state index contributed by atoms with van der Waals surface area (Å²) < 4.78 is 2.42. The summed E-state index contributed by atoms with van der Waals surface area (Å²) in [6, 6.07) is 36.1. The van der Waals surface area contributed by atoms with Gasteiger partial charge in [-0.2, -0.15) is 0 Å². The number of nitrogens with two attached hydrogens (primary N) is 1. The van der Waals surface area contributed by atoms with Gasteiger partial charge in [-0.05, 0) is 92.2 Å². The first-order valence-corrected chi connectivity index (χ1v) is 15.5. The Morgan fingerprint density at radius 1 is 0.605 bits per heavy atom. The Labute approximate surface area is 256 Å². The van der Waals surface area contributed by atoms with Crippen molar-refractivity contribution in [1.82, 2.24) is 4.57 Å². The molecule has 0 fully saturated rings. The third-order valence-electron chi connectivity index (χ3n) is 9.66. The molecule has 0 amide bonds. The Hall–Kier alpha value is -4.30. The van der Waals surface area contributed by atoms with Crippen LogP contribution in [0.25, 0.3) is 49.7 Å². The van der Waals surface area contributed by atoms with E-state index in [4.69, 9.17) is 5.73 Å². The van der Waals surface area contributed by atoms with Crippen LogP contribution in [0, 0.1) is 0 Å². The molecule has 2 nitrogen and oxygen atoms in total. The predicted molar refractivity (Wildman–Crippen MR) is 186 cm³/mol. The molecular weight excluding hydrogens is 520 g/mol. The number of hydrogen-bond donors (Lipinski definition) is 1. The van der Waals surface area contributed by atoms with E-state index >= 15 is 0 Å². The maximum absolute atomic E-state index is 6.76. The van der Waals surface area contributed by atoms with E-state index in [-0.39, 0.29) is 16.2 Å². The molecule has 0 spiro atoms. The van der Waals surface area contributed by atoms with Crippen molar-refractivity contribution in [3.05, 3.63) is 119 Å². The summed E-state index contributed by atoms with van der Waals surface area (Å²) in [6.07, 6.45) is 0. The van der Waals surface area contributed by atoms with E-state index in [0.717, 1.165) is 22.5 Å². The summed E-state index contributed by atoms with van der Waals surface area (Å²) in [5.41, 5.74) is 21.5. The molecule has 0 radical (unpaired) electrons. The monoisotopic (exact) mass is 562 g/mol. The van der Waals surface area contributed by atoms with Crippen molar-refractivity contribution in [2.75, 3.05) is 5.73 Å². The fraction of sp³-hybridized carbons (Fsp3) is 0.268. The molecule has 0 bridgehead atoms. The summed E-state index contributed by atoms with van der Waals surface area (Å²) in [5.74, 6) is 0. The lowest BCUT2D eigenvalue weighted by atomic mass is 9.78. The van der Waals surface area contributed by atoms with Crippen LogP contribution < -0.4 is 5.73 Å². The van der Waals surface area contributed by atoms with Crippen LogP contribution in [0.15, 0.2) is 97.1 Å². The van der Waals surface area contributed by atoms with Crippen molar-refractivity contribution in [2.24, 2.45) is 0 Å². The standard InChI is InChI=1S/C41H42N2/c1-39(2,3)26-15-21-35-31(23-26)32-24-27(40(4,5)6)16-22-36(32)43(35)28-17-13-25(14-18-28)37-34(42)20-19-30-29-11-9-10-12-33(29)41(7,8)38(30)37/h9-24H,42H2,1-8H3. The van der Waals surface area contributed by atoms with Gasteiger partial charge in [0.25, 0.3) is 0 Å². The molecule has 0 saturated heterocycles. The first-order chi connectivity index (χ1) is 20.3. The summed E-state index contributed by atoms with van der Waals surface area (Å²) >= 11 is 0. The smallest absolute Gasteiger partial charge is 0.0541 e. The van der Waals surface area contributed by atoms with Gasteiger partial charge in [0.1, 0.15) is 0 Å². The molecule has 0 unspecified atom stereocenters. The molecule has 1 aliphatic rings. The van der Waals surface area contributed by atoms with Crippen molar-refractivity contribution in [2.45, 2.75) is 71.6 Å². The molecule has 1 aromatic heterocycles. The number of hydrogen-bond acceptors (Lipinski definition) is 1. The second kappa shape index (κ2) is 9.10. The summed E-state index contributed by atoms with van der Waals surface area (Å²) in [4.78, 5) is 0. The highest BCUT2D eigenvalue weighted by Gasteiger charge is 2.38. The van der Waals surface area contributed by atoms with Gasteiger partial charge in [0, 0.05) is 33.1 Å². The molecular formula is C41H42N2. The molecule has 1 heterocycles. The summed E-state index contributed by atoms with van der Waals surface area (Å²) in [6.45, 7) is 18.4. The Bertz CT molecular complexity index is 1980. The average molecular weight is 563 g/mol. The number of rotatable bonds is 2. The van der Waals surface area contributed by atoms with E-state index in [0.29, 0.717) is 0 Å². The number of aromatic nitrogens is 1. The minimum atomic E-state index is -0.127. The Morgan fingerprint density at radius 3 is 1.72 bits per heavy atom. The van der Waals surface area contributed by atoms with Crippen molar-refractivity contribution < 1.29 is 0 Å². The minimum Gasteiger partial charge on any atom is -0.398 e. The fourth-order valence-electron chi connectivity index (χ4n) is 7.21. The number of anilines is 1. The lowest BCUT2D eigenvalue weighted by Gasteiger charge is -2.25. The SMILES string of the molecule is CC(C)(C)c1ccc2c(c1)c1cc(C(C)(C)C)ccc1n2-c1ccc(-c2c(N)ccc3c2C(C)(C)c2ccccc2-3)cc1. The molecule has 1 aliphatic carbocycles. The zero-order valence-corrected chi connectivity index (χ0v) is 26.8. The Kier molecular flexibility index (Phi) is 5.83. The van der Waals surface area contributed by atoms with Crippen LogP contribution in [0.3, 0.4) is 0 Å². The zero-order valence-electron chi connectivity index (χ0n) is 26.8. The highest BCUT2D eigenvalue weighted by Crippen LogP contribution is 2.53. The average Bonchev–Trinajstić information content (AvgIpc) is 3.41. The highest BCUT2D eigenvalue weighted by molar-refractivity contribution is 6.10. The molecule has 6 aromatic rings. The molecule has 7 rings (SSSR count). The number of nitrogen functional groups attached to an aromatic ring is 1. The first-order valence-electron chi connectivity index (χ1n) is 15.5. The largest absolute Gasteiger partial charge is 0.398 e. The van der Waals surface area contributed by atoms with Gasteiger partial charge < -0.3 is 10.3 Å². The van der Waals surface area contributed by atoms with Gasteiger partial charge in [0.05, 0.1) is 11.0 Å².